The Morgan fingerprint density at radius 1 is 0.713 bits per heavy atom. The van der Waals surface area contributed by atoms with E-state index in [1.807, 2.05) is 13.8 Å². The minimum atomic E-state index is -2.35. The number of carboxylic acids is 1. The number of carboxylic acid groups (broad SMARTS) is 1. The first-order chi connectivity index (χ1) is 47.7. The summed E-state index contributed by atoms with van der Waals surface area (Å²) in [6.07, 6.45) is -18.6. The fourth-order valence-electron chi connectivity index (χ4n) is 12.5. The summed E-state index contributed by atoms with van der Waals surface area (Å²) in [5, 5.41) is 131. The van der Waals surface area contributed by atoms with Gasteiger partial charge in [0.05, 0.1) is 41.3 Å². The van der Waals surface area contributed by atoms with Gasteiger partial charge in [-0.2, -0.15) is 0 Å². The van der Waals surface area contributed by atoms with Crippen molar-refractivity contribution in [3.63, 3.8) is 0 Å². The van der Waals surface area contributed by atoms with Gasteiger partial charge in [-0.1, -0.05) is 55.2 Å². The first-order valence-corrected chi connectivity index (χ1v) is 32.4. The number of primary amides is 1. The van der Waals surface area contributed by atoms with E-state index in [1.165, 1.54) is 33.0 Å². The van der Waals surface area contributed by atoms with E-state index >= 15 is 14.4 Å². The number of phenolic OH excluding ortho intramolecular Hbond substituents is 3. The second kappa shape index (κ2) is 30.2. The van der Waals surface area contributed by atoms with E-state index in [9.17, 15) is 75.0 Å². The molecule has 21 N–H and O–H groups in total. The number of aliphatic carboxylic acids is 1. The molecule has 2 saturated heterocycles. The zero-order valence-electron chi connectivity index (χ0n) is 54.3. The van der Waals surface area contributed by atoms with Crippen molar-refractivity contribution in [2.24, 2.45) is 17.4 Å². The second-order valence-corrected chi connectivity index (χ2v) is 26.5. The van der Waals surface area contributed by atoms with Crippen LogP contribution < -0.4 is 62.9 Å². The number of aliphatic hydroxyl groups excluding tert-OH is 6. The average molecular weight is 1450 g/mol. The second-order valence-electron chi connectivity index (χ2n) is 25.7. The van der Waals surface area contributed by atoms with Crippen molar-refractivity contribution in [1.82, 2.24) is 37.2 Å². The zero-order chi connectivity index (χ0) is 73.5. The quantitative estimate of drug-likeness (QED) is 0.0743. The largest absolute Gasteiger partial charge is 0.508 e. The standard InChI is InChI=1S/C66H75Cl2N9O24/c1-23(2)12-34(71-5)58(88)76-49-51(83)26-7-10-38(32(67)14-26)97-40-16-28-17-41(55(40)101-65-56(54(86)53(85)42(22-78)99-65)100-44-21-66(4,70)57(87)24(3)96-44)98-39-11-8-27(15-33(39)68)52(84)50-63(93)75-48(64(94)95)31-18-29(79)19-37(81)45(31)30-13-25(6-9-36(30)80)46(60(90)77-50)74-61(91)47(28)73-59(89)35(20-43(69)82)72-62(49)92/h6-11,13-19,23-24,34-35,42,44,46-54,56-57,65,71,78-81,83-87H,12,20-22,70H2,1-5H3,(H2,69,82)(H,72,92)(H,73,89)(H,74,91)(H,75,93)(H,76,88)(H,77,90)(H,94,95)/t24-,34+,35-,42+,44?,46+,47?,48-,49+,50-,51+,52?,53+,54-,56+,57+,65-,66-/m0/s1. The summed E-state index contributed by atoms with van der Waals surface area (Å²) < 4.78 is 38.3. The Morgan fingerprint density at radius 3 is 1.90 bits per heavy atom. The van der Waals surface area contributed by atoms with Crippen LogP contribution in [0.5, 0.6) is 46.0 Å². The molecule has 35 heteroatoms. The number of carbonyl (C=O) groups excluding carboxylic acids is 7. The number of fused-ring (bicyclic) bond motifs is 15. The molecule has 0 saturated carbocycles. The van der Waals surface area contributed by atoms with Crippen LogP contribution in [0, 0.1) is 5.92 Å². The van der Waals surface area contributed by atoms with Gasteiger partial charge in [-0.25, -0.2) is 4.79 Å². The lowest BCUT2D eigenvalue weighted by Gasteiger charge is -2.47. The van der Waals surface area contributed by atoms with Crippen molar-refractivity contribution < 1.29 is 118 Å². The van der Waals surface area contributed by atoms with Crippen molar-refractivity contribution in [2.75, 3.05) is 13.7 Å². The number of carbonyl (C=O) groups is 8. The van der Waals surface area contributed by atoms with Crippen LogP contribution in [0.15, 0.2) is 78.9 Å². The number of hydrogen-bond acceptors (Lipinski definition) is 25. The van der Waals surface area contributed by atoms with Gasteiger partial charge in [0, 0.05) is 34.7 Å². The highest BCUT2D eigenvalue weighted by atomic mass is 35.5. The monoisotopic (exact) mass is 1450 g/mol. The molecule has 542 valence electrons. The normalized spacial score (nSPS) is 29.4. The highest BCUT2D eigenvalue weighted by Gasteiger charge is 2.51. The zero-order valence-corrected chi connectivity index (χ0v) is 55.8. The van der Waals surface area contributed by atoms with E-state index in [1.54, 1.807) is 0 Å². The number of hydrogen-bond donors (Lipinski definition) is 19. The Morgan fingerprint density at radius 2 is 1.32 bits per heavy atom. The fourth-order valence-corrected chi connectivity index (χ4v) is 12.9. The van der Waals surface area contributed by atoms with Crippen molar-refractivity contribution in [2.45, 2.75) is 156 Å². The third-order valence-corrected chi connectivity index (χ3v) is 18.4. The molecule has 33 nitrogen and oxygen atoms in total. The molecule has 12 rings (SSSR count). The van der Waals surface area contributed by atoms with E-state index in [4.69, 9.17) is 63.1 Å². The Bertz CT molecular complexity index is 4070. The van der Waals surface area contributed by atoms with Gasteiger partial charge >= 0.3 is 5.97 Å². The van der Waals surface area contributed by atoms with Crippen molar-refractivity contribution in [1.29, 1.82) is 0 Å². The maximum atomic E-state index is 16.0. The molecule has 7 amide bonds. The molecule has 0 spiro atoms. The molecule has 0 radical (unpaired) electrons. The van der Waals surface area contributed by atoms with Crippen LogP contribution in [-0.2, 0) is 52.6 Å². The molecule has 7 aliphatic rings. The summed E-state index contributed by atoms with van der Waals surface area (Å²) >= 11 is 14.1. The van der Waals surface area contributed by atoms with E-state index < -0.39 is 237 Å². The number of likely N-dealkylation sites (N-methyl/N-ethyl adjacent to an activating group) is 1. The number of aliphatic hydroxyl groups is 6. The topological polar surface area (TPSA) is 530 Å². The minimum absolute atomic E-state index is 0.0975. The highest BCUT2D eigenvalue weighted by molar-refractivity contribution is 6.32. The Hall–Kier alpha value is -9.20. The minimum Gasteiger partial charge on any atom is -0.508 e. The number of halogens is 2. The molecule has 101 heavy (non-hydrogen) atoms. The highest BCUT2D eigenvalue weighted by Crippen LogP contribution is 2.50. The molecule has 7 aliphatic heterocycles. The third kappa shape index (κ3) is 15.8. The van der Waals surface area contributed by atoms with Crippen molar-refractivity contribution in [3.8, 4) is 57.1 Å². The lowest BCUT2D eigenvalue weighted by molar-refractivity contribution is -0.333. The predicted octanol–water partition coefficient (Wildman–Crippen LogP) is 0.106. The lowest BCUT2D eigenvalue weighted by atomic mass is 9.86. The number of amides is 7. The number of nitrogens with two attached hydrogens (primary N) is 2. The van der Waals surface area contributed by atoms with Gasteiger partial charge in [-0.05, 0) is 110 Å². The number of nitrogens with one attached hydrogen (secondary N) is 7. The Balaban J connectivity index is 1.24. The SMILES string of the molecule is CN[C@H](CC(C)C)C(=O)N[C@H]1C(=O)N[C@@H](CC(N)=O)C(=O)NC2C(=O)N[C@H]3C(=O)N[C@H](C(=O)N[C@H](C(=O)O)c4cc(O)cc(O)c4-c4cc3ccc4O)C(O)c3ccc(c(Cl)c3)Oc3cc2cc(c3O[C@@H]2O[C@H](CO)[C@@H](O)[C@H](O)[C@H]2OC2C[C@](C)(N)[C@H](O)[C@H](C)O2)Oc2ccc(cc2Cl)[C@H]1O. The summed E-state index contributed by atoms with van der Waals surface area (Å²) in [5.41, 5.74) is 8.00. The Kier molecular flexibility index (Phi) is 22.2. The van der Waals surface area contributed by atoms with Crippen LogP contribution in [0.3, 0.4) is 0 Å². The molecule has 11 bridgehead atoms. The van der Waals surface area contributed by atoms with Crippen LogP contribution >= 0.6 is 23.2 Å². The van der Waals surface area contributed by atoms with Crippen molar-refractivity contribution >= 4 is 70.5 Å². The van der Waals surface area contributed by atoms with Gasteiger partial charge in [0.15, 0.2) is 29.9 Å². The molecule has 5 aromatic carbocycles. The number of phenols is 3. The van der Waals surface area contributed by atoms with Gasteiger partial charge in [0.1, 0.15) is 89.5 Å². The van der Waals surface area contributed by atoms with E-state index in [2.05, 4.69) is 37.2 Å². The molecule has 2 fully saturated rings. The van der Waals surface area contributed by atoms with Crippen LogP contribution in [0.25, 0.3) is 11.1 Å². The van der Waals surface area contributed by atoms with Gasteiger partial charge < -0.3 is 128 Å². The number of benzene rings is 5. The van der Waals surface area contributed by atoms with Gasteiger partial charge in [-0.3, -0.25) is 33.6 Å². The van der Waals surface area contributed by atoms with Crippen LogP contribution in [0.2, 0.25) is 10.0 Å². The van der Waals surface area contributed by atoms with Gasteiger partial charge in [-0.15, -0.1) is 0 Å². The Labute approximate surface area is 584 Å². The lowest BCUT2D eigenvalue weighted by Crippen LogP contribution is -2.64. The molecular formula is C66H75Cl2N9O24. The summed E-state index contributed by atoms with van der Waals surface area (Å²) in [6, 6.07) is -0.679. The van der Waals surface area contributed by atoms with E-state index in [-0.39, 0.29) is 46.2 Å². The third-order valence-electron chi connectivity index (χ3n) is 17.8. The summed E-state index contributed by atoms with van der Waals surface area (Å²) in [7, 11) is 1.47. The van der Waals surface area contributed by atoms with E-state index in [0.717, 1.165) is 66.7 Å². The molecule has 0 aliphatic carbocycles. The molecule has 0 aromatic heterocycles. The predicted molar refractivity (Wildman–Crippen MR) is 349 cm³/mol. The molecule has 5 aromatic rings. The van der Waals surface area contributed by atoms with E-state index in [0.29, 0.717) is 0 Å². The summed E-state index contributed by atoms with van der Waals surface area (Å²) in [5.74, 6) is -16.0. The first kappa shape index (κ1) is 74.5. The van der Waals surface area contributed by atoms with Crippen LogP contribution in [0.4, 0.5) is 0 Å². The number of aromatic hydroxyl groups is 3. The first-order valence-electron chi connectivity index (χ1n) is 31.6. The maximum Gasteiger partial charge on any atom is 0.330 e. The molecule has 18 atom stereocenters. The molecular weight excluding hydrogens is 1370 g/mol. The molecule has 3 unspecified atom stereocenters. The van der Waals surface area contributed by atoms with Gasteiger partial charge in [0.2, 0.25) is 53.4 Å². The maximum absolute atomic E-state index is 16.0. The number of ether oxygens (including phenoxy) is 6. The molecule has 7 heterocycles. The fraction of sp³-hybridized carbons (Fsp3) is 0.424. The summed E-state index contributed by atoms with van der Waals surface area (Å²) in [6.45, 7) is 5.66. The summed E-state index contributed by atoms with van der Waals surface area (Å²) in [4.78, 5) is 117. The van der Waals surface area contributed by atoms with Crippen LogP contribution in [-0.4, -0.2) is 191 Å². The average Bonchev–Trinajstić information content (AvgIpc) is 0.775. The van der Waals surface area contributed by atoms with Gasteiger partial charge in [0.25, 0.3) is 0 Å². The van der Waals surface area contributed by atoms with Crippen molar-refractivity contribution in [3.05, 3.63) is 117 Å². The van der Waals surface area contributed by atoms with Crippen LogP contribution in [0.1, 0.15) is 105 Å². The smallest absolute Gasteiger partial charge is 0.330 e. The number of rotatable bonds is 13.